The van der Waals surface area contributed by atoms with Gasteiger partial charge in [0.2, 0.25) is 0 Å². The smallest absolute Gasteiger partial charge is 0.456 e. The largest absolute Gasteiger partial charge is 0.458 e. The Morgan fingerprint density at radius 1 is 0.698 bits per heavy atom. The van der Waals surface area contributed by atoms with E-state index in [0.717, 1.165) is 24.3 Å². The van der Waals surface area contributed by atoms with Crippen LogP contribution in [0.4, 0.5) is 35.1 Å². The summed E-state index contributed by atoms with van der Waals surface area (Å²) in [6.45, 7) is -0.746. The lowest BCUT2D eigenvalue weighted by molar-refractivity contribution is -0.289. The minimum atomic E-state index is -5.88. The molecule has 3 nitrogen and oxygen atoms in total. The number of aliphatic hydroxyl groups is 1. The summed E-state index contributed by atoms with van der Waals surface area (Å²) in [6.07, 6.45) is -10.6. The molecule has 0 fully saturated rings. The second-order valence-corrected chi connectivity index (χ2v) is 10.2. The molecule has 43 heavy (non-hydrogen) atoms. The Morgan fingerprint density at radius 2 is 1.26 bits per heavy atom. The number of hydrogen-bond donors (Lipinski definition) is 2. The van der Waals surface area contributed by atoms with E-state index in [1.807, 2.05) is 0 Å². The Kier molecular flexibility index (Phi) is 9.60. The van der Waals surface area contributed by atoms with Crippen molar-refractivity contribution in [3.8, 4) is 11.5 Å². The molecule has 0 amide bonds. The van der Waals surface area contributed by atoms with Gasteiger partial charge in [-0.3, -0.25) is 5.32 Å². The average Bonchev–Trinajstić information content (AvgIpc) is 2.95. The minimum Gasteiger partial charge on any atom is -0.456 e. The van der Waals surface area contributed by atoms with Crippen molar-refractivity contribution in [2.24, 2.45) is 0 Å². The molecule has 2 unspecified atom stereocenters. The average molecular weight is 650 g/mol. The summed E-state index contributed by atoms with van der Waals surface area (Å²) in [5.41, 5.74) is -2.18. The number of halogens is 10. The highest BCUT2D eigenvalue weighted by molar-refractivity contribution is 6.42. The van der Waals surface area contributed by atoms with Crippen LogP contribution in [0.2, 0.25) is 10.0 Å². The van der Waals surface area contributed by atoms with Crippen molar-refractivity contribution in [1.29, 1.82) is 0 Å². The van der Waals surface area contributed by atoms with Crippen molar-refractivity contribution in [1.82, 2.24) is 5.32 Å². The summed E-state index contributed by atoms with van der Waals surface area (Å²) in [4.78, 5) is 0. The van der Waals surface area contributed by atoms with Gasteiger partial charge in [0.1, 0.15) is 16.5 Å². The predicted molar refractivity (Wildman–Crippen MR) is 146 cm³/mol. The minimum absolute atomic E-state index is 0.00258. The molecule has 0 aliphatic heterocycles. The number of rotatable bonds is 9. The lowest BCUT2D eigenvalue weighted by Crippen LogP contribution is -2.34. The third-order valence-corrected chi connectivity index (χ3v) is 7.24. The summed E-state index contributed by atoms with van der Waals surface area (Å²) >= 11 is 12.2. The fourth-order valence-corrected chi connectivity index (χ4v) is 4.63. The molecule has 4 aromatic carbocycles. The summed E-state index contributed by atoms with van der Waals surface area (Å²) in [5, 5.41) is 13.4. The summed E-state index contributed by atoms with van der Waals surface area (Å²) in [7, 11) is 0. The zero-order valence-corrected chi connectivity index (χ0v) is 23.2. The maximum absolute atomic E-state index is 14.3. The zero-order chi connectivity index (χ0) is 31.6. The maximum atomic E-state index is 14.3. The van der Waals surface area contributed by atoms with E-state index in [2.05, 4.69) is 5.32 Å². The Bertz CT molecular complexity index is 1580. The standard InChI is InChI=1S/C30H21Cl2F8NO2/c31-23-11-4-12-25(26(23)32)43-22-10-3-7-19(15-22)27(18-6-2-8-20(14-18)28(33,34)30(38,39)40)41-24(16-42)17-5-1-9-21(13-17)29(35,36)37/h1-15,24,27,41-42H,16H2. The van der Waals surface area contributed by atoms with Crippen molar-refractivity contribution in [3.63, 3.8) is 0 Å². The van der Waals surface area contributed by atoms with Gasteiger partial charge in [-0.15, -0.1) is 0 Å². The molecule has 0 radical (unpaired) electrons. The van der Waals surface area contributed by atoms with Gasteiger partial charge in [0, 0.05) is 5.56 Å². The first kappa shape index (κ1) is 32.5. The van der Waals surface area contributed by atoms with Crippen LogP contribution in [0.1, 0.15) is 39.9 Å². The number of hydrogen-bond acceptors (Lipinski definition) is 3. The van der Waals surface area contributed by atoms with E-state index in [9.17, 15) is 40.2 Å². The van der Waals surface area contributed by atoms with Crippen LogP contribution in [-0.4, -0.2) is 17.9 Å². The third kappa shape index (κ3) is 7.41. The molecule has 4 rings (SSSR count). The van der Waals surface area contributed by atoms with Gasteiger partial charge in [-0.25, -0.2) is 0 Å². The highest BCUT2D eigenvalue weighted by atomic mass is 35.5. The van der Waals surface area contributed by atoms with Gasteiger partial charge < -0.3 is 9.84 Å². The Hall–Kier alpha value is -3.38. The second kappa shape index (κ2) is 12.7. The molecule has 0 heterocycles. The van der Waals surface area contributed by atoms with Crippen LogP contribution in [0.3, 0.4) is 0 Å². The fourth-order valence-electron chi connectivity index (χ4n) is 4.30. The molecule has 0 aliphatic rings. The van der Waals surface area contributed by atoms with Gasteiger partial charge in [-0.2, -0.15) is 35.1 Å². The van der Waals surface area contributed by atoms with Crippen LogP contribution < -0.4 is 10.1 Å². The van der Waals surface area contributed by atoms with E-state index in [-0.39, 0.29) is 38.2 Å². The van der Waals surface area contributed by atoms with Crippen LogP contribution >= 0.6 is 23.2 Å². The molecule has 13 heteroatoms. The summed E-state index contributed by atoms with van der Waals surface area (Å²) < 4.78 is 114. The first-order valence-corrected chi connectivity index (χ1v) is 13.2. The van der Waals surface area contributed by atoms with Gasteiger partial charge in [-0.1, -0.05) is 71.7 Å². The lowest BCUT2D eigenvalue weighted by Gasteiger charge is -2.28. The maximum Gasteiger partial charge on any atom is 0.458 e. The fraction of sp³-hybridized carbons (Fsp3) is 0.200. The third-order valence-electron chi connectivity index (χ3n) is 6.44. The van der Waals surface area contributed by atoms with Crippen molar-refractivity contribution in [3.05, 3.63) is 129 Å². The summed E-state index contributed by atoms with van der Waals surface area (Å²) in [5.74, 6) is -4.86. The monoisotopic (exact) mass is 649 g/mol. The van der Waals surface area contributed by atoms with Crippen LogP contribution in [0.5, 0.6) is 11.5 Å². The molecule has 2 atom stereocenters. The van der Waals surface area contributed by atoms with Crippen molar-refractivity contribution < 1.29 is 45.0 Å². The highest BCUT2D eigenvalue weighted by Gasteiger charge is 2.58. The number of benzene rings is 4. The second-order valence-electron chi connectivity index (χ2n) is 9.38. The van der Waals surface area contributed by atoms with Gasteiger partial charge in [0.05, 0.1) is 29.3 Å². The Morgan fingerprint density at radius 3 is 1.88 bits per heavy atom. The molecule has 0 saturated carbocycles. The quantitative estimate of drug-likeness (QED) is 0.177. The number of ether oxygens (including phenoxy) is 1. The van der Waals surface area contributed by atoms with Crippen LogP contribution in [0, 0.1) is 0 Å². The van der Waals surface area contributed by atoms with Gasteiger partial charge in [0.25, 0.3) is 0 Å². The van der Waals surface area contributed by atoms with E-state index in [4.69, 9.17) is 27.9 Å². The molecule has 0 bridgehead atoms. The molecule has 0 saturated heterocycles. The van der Waals surface area contributed by atoms with Crippen molar-refractivity contribution >= 4 is 23.2 Å². The van der Waals surface area contributed by atoms with E-state index in [1.54, 1.807) is 6.07 Å². The zero-order valence-electron chi connectivity index (χ0n) is 21.7. The van der Waals surface area contributed by atoms with E-state index < -0.39 is 48.1 Å². The van der Waals surface area contributed by atoms with Crippen molar-refractivity contribution in [2.75, 3.05) is 6.61 Å². The lowest BCUT2D eigenvalue weighted by atomic mass is 9.93. The molecule has 0 aliphatic carbocycles. The topological polar surface area (TPSA) is 41.5 Å². The Labute approximate surface area is 250 Å². The molecule has 0 spiro atoms. The predicted octanol–water partition coefficient (Wildman–Crippen LogP) is 9.87. The van der Waals surface area contributed by atoms with Gasteiger partial charge >= 0.3 is 18.3 Å². The molecule has 4 aromatic rings. The Balaban J connectivity index is 1.80. The van der Waals surface area contributed by atoms with Gasteiger partial charge in [-0.05, 0) is 59.2 Å². The normalized spacial score (nSPS) is 13.9. The van der Waals surface area contributed by atoms with E-state index in [1.165, 1.54) is 48.5 Å². The number of nitrogens with one attached hydrogen (secondary N) is 1. The van der Waals surface area contributed by atoms with Crippen LogP contribution in [-0.2, 0) is 12.1 Å². The number of alkyl halides is 8. The molecule has 228 valence electrons. The SMILES string of the molecule is OCC(NC(c1cccc(Oc2cccc(Cl)c2Cl)c1)c1cccc(C(F)(F)C(F)(F)F)c1)c1cccc(C(F)(F)F)c1. The van der Waals surface area contributed by atoms with E-state index in [0.29, 0.717) is 12.1 Å². The summed E-state index contributed by atoms with van der Waals surface area (Å²) in [6, 6.07) is 15.8. The van der Waals surface area contributed by atoms with E-state index >= 15 is 0 Å². The van der Waals surface area contributed by atoms with Crippen LogP contribution in [0.25, 0.3) is 0 Å². The molecule has 0 aromatic heterocycles. The molecular formula is C30H21Cl2F8NO2. The van der Waals surface area contributed by atoms with Crippen molar-refractivity contribution in [2.45, 2.75) is 30.4 Å². The highest BCUT2D eigenvalue weighted by Crippen LogP contribution is 2.45. The first-order chi connectivity index (χ1) is 20.1. The first-order valence-electron chi connectivity index (χ1n) is 12.4. The van der Waals surface area contributed by atoms with Gasteiger partial charge in [0.15, 0.2) is 0 Å². The molecule has 2 N–H and O–H groups in total. The molecular weight excluding hydrogens is 629 g/mol. The number of aliphatic hydroxyl groups excluding tert-OH is 1. The van der Waals surface area contributed by atoms with Crippen LogP contribution in [0.15, 0.2) is 91.0 Å².